The molecular weight excluding hydrogens is 548 g/mol. The minimum absolute atomic E-state index is 0.0666. The van der Waals surface area contributed by atoms with Gasteiger partial charge in [0.05, 0.1) is 16.3 Å². The molecule has 11 N–H and O–H groups in total. The zero-order valence-electron chi connectivity index (χ0n) is 22.6. The monoisotopic (exact) mass is 580 g/mol. The van der Waals surface area contributed by atoms with Crippen molar-refractivity contribution in [2.45, 2.75) is 25.7 Å². The van der Waals surface area contributed by atoms with E-state index in [4.69, 9.17) is 27.5 Å². The Morgan fingerprint density at radius 2 is 1.02 bits per heavy atom. The van der Waals surface area contributed by atoms with Gasteiger partial charge in [0.25, 0.3) is 10.1 Å². The van der Waals surface area contributed by atoms with Crippen molar-refractivity contribution >= 4 is 50.9 Å². The third-order valence-electron chi connectivity index (χ3n) is 5.07. The van der Waals surface area contributed by atoms with Gasteiger partial charge in [-0.15, -0.1) is 10.2 Å². The molecule has 0 spiro atoms. The molecule has 0 saturated heterocycles. The van der Waals surface area contributed by atoms with E-state index in [2.05, 4.69) is 31.0 Å². The third-order valence-corrected chi connectivity index (χ3v) is 5.94. The Balaban J connectivity index is 0.000000446. The number of hydrogen-bond donors (Lipinski definition) is 7. The SMILES string of the molecule is C/C(=N/N=C(N)N)c1ccc(NC(=O)Nc2ccc(/C(C)=N\N=C(N)N)cc2)cc1.Cc1ccc(S(=O)(=O)O)cc1. The van der Waals surface area contributed by atoms with Crippen LogP contribution in [-0.4, -0.2) is 42.3 Å². The average Bonchev–Trinajstić information content (AvgIpc) is 2.91. The Kier molecular flexibility index (Phi) is 11.5. The molecule has 3 aromatic rings. The molecule has 0 aliphatic rings. The summed E-state index contributed by atoms with van der Waals surface area (Å²) in [7, 11) is -4.02. The van der Waals surface area contributed by atoms with Crippen LogP contribution in [-0.2, 0) is 10.1 Å². The molecular formula is C26H32N10O4S. The van der Waals surface area contributed by atoms with Crippen LogP contribution < -0.4 is 33.6 Å². The van der Waals surface area contributed by atoms with Crippen LogP contribution in [0.25, 0.3) is 0 Å². The van der Waals surface area contributed by atoms with Crippen molar-refractivity contribution in [3.8, 4) is 0 Å². The molecule has 216 valence electrons. The summed E-state index contributed by atoms with van der Waals surface area (Å²) in [6, 6.07) is 19.8. The highest BCUT2D eigenvalue weighted by molar-refractivity contribution is 7.85. The van der Waals surface area contributed by atoms with Crippen molar-refractivity contribution in [3.63, 3.8) is 0 Å². The van der Waals surface area contributed by atoms with Crippen LogP contribution in [0.15, 0.2) is 98.1 Å². The van der Waals surface area contributed by atoms with Crippen LogP contribution in [0.1, 0.15) is 30.5 Å². The van der Waals surface area contributed by atoms with Crippen LogP contribution >= 0.6 is 0 Å². The number of anilines is 2. The number of carbonyl (C=O) groups excluding carboxylic acids is 1. The zero-order valence-corrected chi connectivity index (χ0v) is 23.4. The van der Waals surface area contributed by atoms with Gasteiger partial charge in [-0.3, -0.25) is 4.55 Å². The number of rotatable bonds is 7. The molecule has 15 heteroatoms. The summed E-state index contributed by atoms with van der Waals surface area (Å²) >= 11 is 0. The molecule has 0 radical (unpaired) electrons. The fourth-order valence-corrected chi connectivity index (χ4v) is 3.45. The zero-order chi connectivity index (χ0) is 30.6. The highest BCUT2D eigenvalue weighted by Crippen LogP contribution is 2.14. The summed E-state index contributed by atoms with van der Waals surface area (Å²) in [5.74, 6) is -0.234. The lowest BCUT2D eigenvalue weighted by Gasteiger charge is -2.09. The normalized spacial score (nSPS) is 11.4. The minimum atomic E-state index is -4.02. The fourth-order valence-electron chi connectivity index (χ4n) is 2.97. The van der Waals surface area contributed by atoms with Crippen LogP contribution in [0.5, 0.6) is 0 Å². The molecule has 2 amide bonds. The quantitative estimate of drug-likeness (QED) is 0.0944. The second-order valence-corrected chi connectivity index (χ2v) is 9.86. The maximum Gasteiger partial charge on any atom is 0.323 e. The van der Waals surface area contributed by atoms with Crippen LogP contribution in [0.3, 0.4) is 0 Å². The highest BCUT2D eigenvalue weighted by atomic mass is 32.2. The second kappa shape index (κ2) is 14.8. The number of urea groups is 1. The molecule has 0 aliphatic heterocycles. The van der Waals surface area contributed by atoms with E-state index in [1.165, 1.54) is 12.1 Å². The number of amides is 2. The van der Waals surface area contributed by atoms with E-state index in [0.29, 0.717) is 22.8 Å². The maximum absolute atomic E-state index is 12.2. The molecule has 3 aromatic carbocycles. The summed E-state index contributed by atoms with van der Waals surface area (Å²) in [6.07, 6.45) is 0. The van der Waals surface area contributed by atoms with Gasteiger partial charge in [-0.25, -0.2) is 4.79 Å². The van der Waals surface area contributed by atoms with Gasteiger partial charge < -0.3 is 33.6 Å². The first-order chi connectivity index (χ1) is 19.2. The van der Waals surface area contributed by atoms with Crippen LogP contribution in [0.2, 0.25) is 0 Å². The van der Waals surface area contributed by atoms with Crippen molar-refractivity contribution in [1.82, 2.24) is 0 Å². The number of nitrogens with zero attached hydrogens (tertiary/aromatic N) is 4. The predicted molar refractivity (Wildman–Crippen MR) is 163 cm³/mol. The summed E-state index contributed by atoms with van der Waals surface area (Å²) in [5, 5.41) is 20.5. The standard InChI is InChI=1S/C19H24N10O.C7H8O3S/c1-11(26-28-17(20)21)13-3-7-15(8-4-13)24-19(30)25-16-9-5-14(6-10-16)12(2)27-29-18(22)23;1-6-2-4-7(5-3-6)11(8,9)10/h3-10H,1-2H3,(H4,20,21,28)(H4,22,23,29)(H2,24,25,30);2-5H,1H3,(H,8,9,10)/b26-11-,27-12-;. The Morgan fingerprint density at radius 3 is 1.34 bits per heavy atom. The molecule has 14 nitrogen and oxygen atoms in total. The molecule has 0 atom stereocenters. The topological polar surface area (TPSA) is 249 Å². The van der Waals surface area contributed by atoms with Gasteiger partial charge in [0, 0.05) is 11.4 Å². The average molecular weight is 581 g/mol. The highest BCUT2D eigenvalue weighted by Gasteiger charge is 2.07. The molecule has 0 fully saturated rings. The van der Waals surface area contributed by atoms with Crippen molar-refractivity contribution in [1.29, 1.82) is 0 Å². The molecule has 0 saturated carbocycles. The number of nitrogens with two attached hydrogens (primary N) is 4. The van der Waals surface area contributed by atoms with E-state index in [9.17, 15) is 13.2 Å². The number of nitrogens with one attached hydrogen (secondary N) is 2. The largest absolute Gasteiger partial charge is 0.369 e. The third kappa shape index (κ3) is 11.6. The molecule has 41 heavy (non-hydrogen) atoms. The molecule has 3 rings (SSSR count). The number of benzene rings is 3. The van der Waals surface area contributed by atoms with E-state index < -0.39 is 10.1 Å². The lowest BCUT2D eigenvalue weighted by Crippen LogP contribution is -2.22. The summed E-state index contributed by atoms with van der Waals surface area (Å²) in [6.45, 7) is 5.39. The van der Waals surface area contributed by atoms with E-state index >= 15 is 0 Å². The molecule has 0 heterocycles. The Bertz CT molecular complexity index is 1470. The fraction of sp³-hybridized carbons (Fsp3) is 0.115. The first-order valence-electron chi connectivity index (χ1n) is 11.8. The van der Waals surface area contributed by atoms with Gasteiger partial charge in [-0.2, -0.15) is 18.6 Å². The van der Waals surface area contributed by atoms with Gasteiger partial charge in [0.2, 0.25) is 11.9 Å². The van der Waals surface area contributed by atoms with Gasteiger partial charge >= 0.3 is 6.03 Å². The van der Waals surface area contributed by atoms with Crippen molar-refractivity contribution < 1.29 is 17.8 Å². The van der Waals surface area contributed by atoms with Gasteiger partial charge in [0.1, 0.15) is 0 Å². The Hall–Kier alpha value is -5.28. The first-order valence-corrected chi connectivity index (χ1v) is 13.3. The van der Waals surface area contributed by atoms with E-state index in [1.807, 2.05) is 6.92 Å². The summed E-state index contributed by atoms with van der Waals surface area (Å²) in [5.41, 5.74) is 26.1. The number of carbonyl (C=O) groups is 1. The summed E-state index contributed by atoms with van der Waals surface area (Å²) in [4.78, 5) is 12.1. The van der Waals surface area contributed by atoms with Crippen molar-refractivity contribution in [2.75, 3.05) is 10.6 Å². The molecule has 0 unspecified atom stereocenters. The molecule has 0 aliphatic carbocycles. The van der Waals surface area contributed by atoms with Crippen LogP contribution in [0.4, 0.5) is 16.2 Å². The van der Waals surface area contributed by atoms with Crippen molar-refractivity contribution in [3.05, 3.63) is 89.5 Å². The number of hydrogen-bond acceptors (Lipinski definition) is 7. The molecule has 0 bridgehead atoms. The predicted octanol–water partition coefficient (Wildman–Crippen LogP) is 2.57. The van der Waals surface area contributed by atoms with Gasteiger partial charge in [0.15, 0.2) is 0 Å². The van der Waals surface area contributed by atoms with Crippen LogP contribution in [0, 0.1) is 6.92 Å². The smallest absolute Gasteiger partial charge is 0.323 e. The lowest BCUT2D eigenvalue weighted by molar-refractivity contribution is 0.262. The minimum Gasteiger partial charge on any atom is -0.369 e. The Labute approximate surface area is 237 Å². The van der Waals surface area contributed by atoms with Crippen molar-refractivity contribution in [2.24, 2.45) is 43.3 Å². The van der Waals surface area contributed by atoms with E-state index in [0.717, 1.165) is 16.7 Å². The first kappa shape index (κ1) is 31.9. The van der Waals surface area contributed by atoms with E-state index in [-0.39, 0.29) is 22.8 Å². The Morgan fingerprint density at radius 1 is 0.659 bits per heavy atom. The van der Waals surface area contributed by atoms with Gasteiger partial charge in [-0.05, 0) is 68.3 Å². The number of guanidine groups is 2. The molecule has 0 aromatic heterocycles. The maximum atomic E-state index is 12.2. The second-order valence-electron chi connectivity index (χ2n) is 8.44. The van der Waals surface area contributed by atoms with Gasteiger partial charge in [-0.1, -0.05) is 42.0 Å². The summed E-state index contributed by atoms with van der Waals surface area (Å²) < 4.78 is 29.6. The lowest BCUT2D eigenvalue weighted by atomic mass is 10.1. The number of aryl methyl sites for hydroxylation is 1. The van der Waals surface area contributed by atoms with E-state index in [1.54, 1.807) is 74.5 Å².